The molecule has 1 aromatic heterocycles. The van der Waals surface area contributed by atoms with Gasteiger partial charge in [-0.1, -0.05) is 26.2 Å². The van der Waals surface area contributed by atoms with Crippen LogP contribution in [0.3, 0.4) is 0 Å². The highest BCUT2D eigenvalue weighted by Crippen LogP contribution is 2.41. The lowest BCUT2D eigenvalue weighted by atomic mass is 9.80. The first-order chi connectivity index (χ1) is 11.2. The lowest BCUT2D eigenvalue weighted by Gasteiger charge is -2.42. The summed E-state index contributed by atoms with van der Waals surface area (Å²) in [6, 6.07) is -0.00143. The molecule has 1 aliphatic carbocycles. The minimum Gasteiger partial charge on any atom is -0.313 e. The SMILES string of the molecule is C[C@@H]1CCCC[C@@H]1c1cnc(N2CCN3CCNC[C@@H]3C2=O)s1. The predicted octanol–water partition coefficient (Wildman–Crippen LogP) is 2.06. The van der Waals surface area contributed by atoms with Crippen LogP contribution < -0.4 is 10.2 Å². The van der Waals surface area contributed by atoms with Crippen LogP contribution in [0.1, 0.15) is 43.4 Å². The largest absolute Gasteiger partial charge is 0.313 e. The van der Waals surface area contributed by atoms with Crippen molar-refractivity contribution < 1.29 is 4.79 Å². The summed E-state index contributed by atoms with van der Waals surface area (Å²) in [7, 11) is 0. The van der Waals surface area contributed by atoms with Crippen molar-refractivity contribution in [2.45, 2.75) is 44.6 Å². The van der Waals surface area contributed by atoms with E-state index in [0.29, 0.717) is 5.92 Å². The van der Waals surface area contributed by atoms with Crippen LogP contribution in [0.2, 0.25) is 0 Å². The number of nitrogens with one attached hydrogen (secondary N) is 1. The number of anilines is 1. The molecule has 126 valence electrons. The quantitative estimate of drug-likeness (QED) is 0.899. The van der Waals surface area contributed by atoms with Gasteiger partial charge < -0.3 is 5.32 Å². The maximum absolute atomic E-state index is 12.8. The molecule has 1 N–H and O–H groups in total. The zero-order valence-electron chi connectivity index (χ0n) is 13.8. The van der Waals surface area contributed by atoms with Crippen LogP contribution in [0.15, 0.2) is 6.20 Å². The molecule has 3 fully saturated rings. The van der Waals surface area contributed by atoms with E-state index in [4.69, 9.17) is 0 Å². The molecule has 3 atom stereocenters. The Morgan fingerprint density at radius 1 is 1.26 bits per heavy atom. The summed E-state index contributed by atoms with van der Waals surface area (Å²) in [5, 5.41) is 4.25. The molecular weight excluding hydrogens is 308 g/mol. The normalized spacial score (nSPS) is 32.8. The Bertz CT molecular complexity index is 575. The third-order valence-electron chi connectivity index (χ3n) is 5.74. The molecular formula is C17H26N4OS. The maximum Gasteiger partial charge on any atom is 0.247 e. The Kier molecular flexibility index (Phi) is 4.39. The fraction of sp³-hybridized carbons (Fsp3) is 0.765. The van der Waals surface area contributed by atoms with Gasteiger partial charge in [0.15, 0.2) is 5.13 Å². The Labute approximate surface area is 142 Å². The van der Waals surface area contributed by atoms with Crippen LogP contribution in [-0.4, -0.2) is 54.6 Å². The number of fused-ring (bicyclic) bond motifs is 1. The third-order valence-corrected chi connectivity index (χ3v) is 6.89. The Morgan fingerprint density at radius 3 is 3.00 bits per heavy atom. The molecule has 1 amide bonds. The first-order valence-corrected chi connectivity index (χ1v) is 9.77. The number of amides is 1. The van der Waals surface area contributed by atoms with E-state index in [1.807, 2.05) is 11.1 Å². The zero-order valence-corrected chi connectivity index (χ0v) is 14.6. The van der Waals surface area contributed by atoms with Crippen LogP contribution in [0.5, 0.6) is 0 Å². The topological polar surface area (TPSA) is 48.5 Å². The van der Waals surface area contributed by atoms with E-state index >= 15 is 0 Å². The molecule has 0 bridgehead atoms. The summed E-state index contributed by atoms with van der Waals surface area (Å²) in [6.45, 7) is 6.85. The summed E-state index contributed by atoms with van der Waals surface area (Å²) < 4.78 is 0. The number of thiazole rings is 1. The summed E-state index contributed by atoms with van der Waals surface area (Å²) in [5.41, 5.74) is 0. The Balaban J connectivity index is 1.51. The highest BCUT2D eigenvalue weighted by Gasteiger charge is 2.38. The van der Waals surface area contributed by atoms with Gasteiger partial charge in [-0.25, -0.2) is 4.98 Å². The predicted molar refractivity (Wildman–Crippen MR) is 93.1 cm³/mol. The standard InChI is InChI=1S/C17H26N4OS/c1-12-4-2-3-5-13(12)15-11-19-17(23-15)21-9-8-20-7-6-18-10-14(20)16(21)22/h11-14,18H,2-10H2,1H3/t12-,13+,14-/m1/s1. The highest BCUT2D eigenvalue weighted by molar-refractivity contribution is 7.15. The molecule has 2 saturated heterocycles. The van der Waals surface area contributed by atoms with Crippen molar-refractivity contribution in [3.8, 4) is 0 Å². The van der Waals surface area contributed by atoms with E-state index in [1.165, 1.54) is 30.6 Å². The number of piperazine rings is 2. The molecule has 3 aliphatic rings. The van der Waals surface area contributed by atoms with Crippen LogP contribution in [0.25, 0.3) is 0 Å². The van der Waals surface area contributed by atoms with E-state index in [2.05, 4.69) is 22.1 Å². The molecule has 23 heavy (non-hydrogen) atoms. The molecule has 2 aliphatic heterocycles. The fourth-order valence-electron chi connectivity index (χ4n) is 4.28. The Hall–Kier alpha value is -0.980. The summed E-state index contributed by atoms with van der Waals surface area (Å²) in [6.07, 6.45) is 7.32. The van der Waals surface area contributed by atoms with Gasteiger partial charge in [0.1, 0.15) is 6.04 Å². The maximum atomic E-state index is 12.8. The number of carbonyl (C=O) groups excluding carboxylic acids is 1. The highest BCUT2D eigenvalue weighted by atomic mass is 32.1. The van der Waals surface area contributed by atoms with Gasteiger partial charge in [0.05, 0.1) is 0 Å². The molecule has 0 aromatic carbocycles. The summed E-state index contributed by atoms with van der Waals surface area (Å²) >= 11 is 1.75. The van der Waals surface area contributed by atoms with Gasteiger partial charge in [-0.15, -0.1) is 11.3 Å². The van der Waals surface area contributed by atoms with Gasteiger partial charge in [0.2, 0.25) is 5.91 Å². The van der Waals surface area contributed by atoms with Crippen LogP contribution in [-0.2, 0) is 4.79 Å². The molecule has 0 radical (unpaired) electrons. The lowest BCUT2D eigenvalue weighted by Crippen LogP contribution is -2.64. The average Bonchev–Trinajstić information content (AvgIpc) is 3.05. The monoisotopic (exact) mass is 334 g/mol. The van der Waals surface area contributed by atoms with Gasteiger partial charge >= 0.3 is 0 Å². The van der Waals surface area contributed by atoms with E-state index in [0.717, 1.165) is 43.8 Å². The Morgan fingerprint density at radius 2 is 2.13 bits per heavy atom. The van der Waals surface area contributed by atoms with Gasteiger partial charge in [-0.05, 0) is 18.3 Å². The smallest absolute Gasteiger partial charge is 0.247 e. The van der Waals surface area contributed by atoms with Crippen LogP contribution in [0.4, 0.5) is 5.13 Å². The molecule has 1 saturated carbocycles. The fourth-order valence-corrected chi connectivity index (χ4v) is 5.49. The second-order valence-corrected chi connectivity index (χ2v) is 8.20. The number of hydrogen-bond acceptors (Lipinski definition) is 5. The molecule has 3 heterocycles. The second-order valence-electron chi connectivity index (χ2n) is 7.16. The van der Waals surface area contributed by atoms with Gasteiger partial charge in [-0.3, -0.25) is 14.6 Å². The van der Waals surface area contributed by atoms with Crippen molar-refractivity contribution in [1.29, 1.82) is 0 Å². The van der Waals surface area contributed by atoms with Gasteiger partial charge in [-0.2, -0.15) is 0 Å². The number of carbonyl (C=O) groups is 1. The first-order valence-electron chi connectivity index (χ1n) is 8.96. The summed E-state index contributed by atoms with van der Waals surface area (Å²) in [5.74, 6) is 1.61. The van der Waals surface area contributed by atoms with Gasteiger partial charge in [0.25, 0.3) is 0 Å². The molecule has 0 unspecified atom stereocenters. The molecule has 0 spiro atoms. The molecule has 5 nitrogen and oxygen atoms in total. The number of hydrogen-bond donors (Lipinski definition) is 1. The number of aromatic nitrogens is 1. The van der Waals surface area contributed by atoms with Crippen molar-refractivity contribution in [1.82, 2.24) is 15.2 Å². The second kappa shape index (κ2) is 6.49. The van der Waals surface area contributed by atoms with Crippen molar-refractivity contribution in [3.63, 3.8) is 0 Å². The third kappa shape index (κ3) is 2.92. The molecule has 1 aromatic rings. The van der Waals surface area contributed by atoms with Crippen molar-refractivity contribution in [2.24, 2.45) is 5.92 Å². The van der Waals surface area contributed by atoms with Crippen LogP contribution >= 0.6 is 11.3 Å². The lowest BCUT2D eigenvalue weighted by molar-refractivity contribution is -0.126. The zero-order chi connectivity index (χ0) is 15.8. The van der Waals surface area contributed by atoms with Crippen molar-refractivity contribution >= 4 is 22.4 Å². The first kappa shape index (κ1) is 15.5. The number of rotatable bonds is 2. The van der Waals surface area contributed by atoms with Crippen molar-refractivity contribution in [3.05, 3.63) is 11.1 Å². The van der Waals surface area contributed by atoms with E-state index in [9.17, 15) is 4.79 Å². The minimum absolute atomic E-state index is 0.00143. The molecule has 6 heteroatoms. The van der Waals surface area contributed by atoms with Gasteiger partial charge in [0, 0.05) is 43.8 Å². The van der Waals surface area contributed by atoms with E-state index in [1.54, 1.807) is 11.3 Å². The molecule has 4 rings (SSSR count). The number of nitrogens with zero attached hydrogens (tertiary/aromatic N) is 3. The van der Waals surface area contributed by atoms with E-state index < -0.39 is 0 Å². The minimum atomic E-state index is -0.00143. The van der Waals surface area contributed by atoms with E-state index in [-0.39, 0.29) is 11.9 Å². The average molecular weight is 334 g/mol. The van der Waals surface area contributed by atoms with Crippen LogP contribution in [0, 0.1) is 5.92 Å². The van der Waals surface area contributed by atoms with Crippen molar-refractivity contribution in [2.75, 3.05) is 37.6 Å². The summed E-state index contributed by atoms with van der Waals surface area (Å²) in [4.78, 5) is 23.1.